The number of nitrogens with zero attached hydrogens (tertiary/aromatic N) is 3. The summed E-state index contributed by atoms with van der Waals surface area (Å²) in [6, 6.07) is 3.16. The van der Waals surface area contributed by atoms with E-state index in [2.05, 4.69) is 4.98 Å². The molecule has 1 aromatic heterocycles. The molecule has 0 N–H and O–H groups in total. The molecule has 0 unspecified atom stereocenters. The number of hydrogen-bond donors (Lipinski definition) is 0. The molecule has 1 aliphatic heterocycles. The van der Waals surface area contributed by atoms with E-state index in [0.717, 1.165) is 22.6 Å². The Morgan fingerprint density at radius 3 is 1.93 bits per heavy atom. The van der Waals surface area contributed by atoms with Gasteiger partial charge in [0, 0.05) is 26.2 Å². The Morgan fingerprint density at radius 2 is 1.46 bits per heavy atom. The van der Waals surface area contributed by atoms with Crippen LogP contribution in [0.15, 0.2) is 35.4 Å². The van der Waals surface area contributed by atoms with Crippen LogP contribution in [0.1, 0.15) is 10.4 Å². The van der Waals surface area contributed by atoms with Gasteiger partial charge in [-0.3, -0.25) is 0 Å². The number of piperazine rings is 1. The minimum Gasteiger partial charge on any atom is -0.345 e. The van der Waals surface area contributed by atoms with Crippen LogP contribution in [0.25, 0.3) is 0 Å². The van der Waals surface area contributed by atoms with Gasteiger partial charge in [-0.05, 0) is 24.3 Å². The van der Waals surface area contributed by atoms with Gasteiger partial charge in [0.1, 0.15) is 4.88 Å². The fraction of sp³-hybridized carbons (Fsp3) is 0.400. The predicted octanol–water partition coefficient (Wildman–Crippen LogP) is 3.69. The van der Waals surface area contributed by atoms with E-state index in [0.29, 0.717) is 23.5 Å². The van der Waals surface area contributed by atoms with Gasteiger partial charge < -0.3 is 4.90 Å². The van der Waals surface area contributed by atoms with Crippen LogP contribution in [0.4, 0.5) is 31.5 Å². The van der Waals surface area contributed by atoms with Crippen LogP contribution in [0.3, 0.4) is 0 Å². The van der Waals surface area contributed by atoms with Crippen LogP contribution < -0.4 is 4.90 Å². The van der Waals surface area contributed by atoms with Crippen molar-refractivity contribution in [2.45, 2.75) is 17.2 Å². The Hall–Kier alpha value is -1.86. The molecule has 0 amide bonds. The zero-order valence-corrected chi connectivity index (χ0v) is 15.6. The molecule has 154 valence electrons. The fourth-order valence-corrected chi connectivity index (χ4v) is 4.88. The zero-order chi connectivity index (χ0) is 20.7. The Morgan fingerprint density at radius 1 is 0.893 bits per heavy atom. The summed E-state index contributed by atoms with van der Waals surface area (Å²) >= 11 is 0.471. The first kappa shape index (κ1) is 20.9. The molecule has 0 aliphatic carbocycles. The molecule has 1 aliphatic rings. The first-order chi connectivity index (χ1) is 12.9. The molecule has 0 saturated carbocycles. The second-order valence-corrected chi connectivity index (χ2v) is 8.87. The average Bonchev–Trinajstić information content (AvgIpc) is 3.12. The van der Waals surface area contributed by atoms with Crippen LogP contribution in [0.5, 0.6) is 0 Å². The molecule has 2 aromatic rings. The van der Waals surface area contributed by atoms with E-state index < -0.39 is 32.8 Å². The van der Waals surface area contributed by atoms with Crippen molar-refractivity contribution in [3.8, 4) is 0 Å². The third kappa shape index (κ3) is 4.25. The summed E-state index contributed by atoms with van der Waals surface area (Å²) in [7, 11) is -4.01. The molecule has 13 heteroatoms. The van der Waals surface area contributed by atoms with Crippen LogP contribution in [0, 0.1) is 0 Å². The third-order valence-electron chi connectivity index (χ3n) is 4.10. The number of halogens is 6. The molecule has 0 radical (unpaired) electrons. The quantitative estimate of drug-likeness (QED) is 0.677. The van der Waals surface area contributed by atoms with E-state index in [-0.39, 0.29) is 36.2 Å². The standard InChI is InChI=1S/C15H13F6N3O2S2/c16-14(17,18)10-1-3-11(4-2-10)28(25,26)24-7-5-23(6-8-24)13-22-9-12(27-13)15(19,20)21/h1-4,9H,5-8H2. The van der Waals surface area contributed by atoms with E-state index in [4.69, 9.17) is 0 Å². The van der Waals surface area contributed by atoms with Gasteiger partial charge >= 0.3 is 12.4 Å². The third-order valence-corrected chi connectivity index (χ3v) is 7.12. The summed E-state index contributed by atoms with van der Waals surface area (Å²) in [6.45, 7) is 0.184. The van der Waals surface area contributed by atoms with Crippen LogP contribution in [-0.2, 0) is 22.4 Å². The van der Waals surface area contributed by atoms with Crippen molar-refractivity contribution in [3.63, 3.8) is 0 Å². The molecule has 5 nitrogen and oxygen atoms in total. The van der Waals surface area contributed by atoms with Gasteiger partial charge in [-0.1, -0.05) is 11.3 Å². The SMILES string of the molecule is O=S(=O)(c1ccc(C(F)(F)F)cc1)N1CCN(c2ncc(C(F)(F)F)s2)CC1. The van der Waals surface area contributed by atoms with Crippen molar-refractivity contribution >= 4 is 26.5 Å². The first-order valence-corrected chi connectivity index (χ1v) is 10.1. The molecule has 0 atom stereocenters. The second-order valence-electron chi connectivity index (χ2n) is 5.92. The van der Waals surface area contributed by atoms with Crippen LogP contribution in [-0.4, -0.2) is 43.9 Å². The summed E-state index contributed by atoms with van der Waals surface area (Å²) in [5, 5.41) is 0.138. The van der Waals surface area contributed by atoms with E-state index in [9.17, 15) is 34.8 Å². The molecule has 0 bridgehead atoms. The van der Waals surface area contributed by atoms with Gasteiger partial charge in [0.15, 0.2) is 5.13 Å². The molecule has 1 aromatic carbocycles. The Bertz CT molecular complexity index is 930. The van der Waals surface area contributed by atoms with Crippen LogP contribution in [0.2, 0.25) is 0 Å². The molecular weight excluding hydrogens is 432 g/mol. The number of alkyl halides is 6. The minimum atomic E-state index is -4.57. The highest BCUT2D eigenvalue weighted by atomic mass is 32.2. The number of thiazole rings is 1. The van der Waals surface area contributed by atoms with Crippen molar-refractivity contribution in [2.24, 2.45) is 0 Å². The summed E-state index contributed by atoms with van der Waals surface area (Å²) < 4.78 is 102. The van der Waals surface area contributed by atoms with Gasteiger partial charge in [-0.15, -0.1) is 0 Å². The summed E-state index contributed by atoms with van der Waals surface area (Å²) in [6.07, 6.45) is -8.34. The molecule has 3 rings (SSSR count). The maximum Gasteiger partial charge on any atom is 0.427 e. The molecule has 1 saturated heterocycles. The van der Waals surface area contributed by atoms with Gasteiger partial charge in [0.2, 0.25) is 10.0 Å². The number of benzene rings is 1. The minimum absolute atomic E-state index is 0.0235. The van der Waals surface area contributed by atoms with Gasteiger partial charge in [0.05, 0.1) is 16.7 Å². The fourth-order valence-electron chi connectivity index (χ4n) is 2.63. The van der Waals surface area contributed by atoms with Gasteiger partial charge in [-0.25, -0.2) is 13.4 Å². The number of anilines is 1. The molecule has 28 heavy (non-hydrogen) atoms. The normalized spacial score (nSPS) is 17.1. The smallest absolute Gasteiger partial charge is 0.345 e. The molecule has 0 spiro atoms. The summed E-state index contributed by atoms with van der Waals surface area (Å²) in [4.78, 5) is 4.15. The molecule has 1 fully saturated rings. The Labute approximate surface area is 160 Å². The highest BCUT2D eigenvalue weighted by Gasteiger charge is 2.35. The summed E-state index contributed by atoms with van der Waals surface area (Å²) in [5.41, 5.74) is -0.958. The predicted molar refractivity (Wildman–Crippen MR) is 89.5 cm³/mol. The number of hydrogen-bond acceptors (Lipinski definition) is 5. The van der Waals surface area contributed by atoms with Crippen molar-refractivity contribution in [2.75, 3.05) is 31.1 Å². The number of rotatable bonds is 3. The monoisotopic (exact) mass is 445 g/mol. The highest BCUT2D eigenvalue weighted by molar-refractivity contribution is 7.89. The lowest BCUT2D eigenvalue weighted by Gasteiger charge is -2.33. The number of sulfonamides is 1. The van der Waals surface area contributed by atoms with Gasteiger partial charge in [-0.2, -0.15) is 30.6 Å². The largest absolute Gasteiger partial charge is 0.427 e. The highest BCUT2D eigenvalue weighted by Crippen LogP contribution is 2.36. The summed E-state index contributed by atoms with van der Waals surface area (Å²) in [5.74, 6) is 0. The topological polar surface area (TPSA) is 53.5 Å². The van der Waals surface area contributed by atoms with E-state index >= 15 is 0 Å². The average molecular weight is 445 g/mol. The lowest BCUT2D eigenvalue weighted by atomic mass is 10.2. The number of aromatic nitrogens is 1. The molecular formula is C15H13F6N3O2S2. The first-order valence-electron chi connectivity index (χ1n) is 7.84. The maximum absolute atomic E-state index is 12.7. The zero-order valence-electron chi connectivity index (χ0n) is 14.0. The van der Waals surface area contributed by atoms with Crippen molar-refractivity contribution < 1.29 is 34.8 Å². The van der Waals surface area contributed by atoms with E-state index in [1.54, 1.807) is 4.90 Å². The van der Waals surface area contributed by atoms with Crippen molar-refractivity contribution in [1.82, 2.24) is 9.29 Å². The Kier molecular flexibility index (Phi) is 5.36. The van der Waals surface area contributed by atoms with E-state index in [1.807, 2.05) is 0 Å². The second kappa shape index (κ2) is 7.19. The van der Waals surface area contributed by atoms with Crippen molar-refractivity contribution in [3.05, 3.63) is 40.9 Å². The van der Waals surface area contributed by atoms with E-state index in [1.165, 1.54) is 0 Å². The lowest BCUT2D eigenvalue weighted by molar-refractivity contribution is -0.137. The van der Waals surface area contributed by atoms with Gasteiger partial charge in [0.25, 0.3) is 0 Å². The lowest BCUT2D eigenvalue weighted by Crippen LogP contribution is -2.48. The van der Waals surface area contributed by atoms with Crippen LogP contribution >= 0.6 is 11.3 Å². The van der Waals surface area contributed by atoms with Crippen molar-refractivity contribution in [1.29, 1.82) is 0 Å². The molecule has 2 heterocycles. The Balaban J connectivity index is 1.69. The maximum atomic E-state index is 12.7.